The molecule has 0 aliphatic heterocycles. The van der Waals surface area contributed by atoms with Crippen molar-refractivity contribution in [2.24, 2.45) is 10.7 Å². The van der Waals surface area contributed by atoms with Crippen LogP contribution >= 0.6 is 11.6 Å². The van der Waals surface area contributed by atoms with E-state index in [1.54, 1.807) is 0 Å². The van der Waals surface area contributed by atoms with Gasteiger partial charge in [-0.15, -0.1) is 11.6 Å². The van der Waals surface area contributed by atoms with Gasteiger partial charge in [-0.25, -0.2) is 4.99 Å². The van der Waals surface area contributed by atoms with E-state index >= 15 is 0 Å². The van der Waals surface area contributed by atoms with Crippen molar-refractivity contribution in [2.45, 2.75) is 0 Å². The van der Waals surface area contributed by atoms with Crippen LogP contribution in [0, 0.1) is 0 Å². The summed E-state index contributed by atoms with van der Waals surface area (Å²) in [6, 6.07) is 14.2. The normalized spacial score (nSPS) is 12.4. The highest BCUT2D eigenvalue weighted by Gasteiger charge is 2.03. The van der Waals surface area contributed by atoms with E-state index in [2.05, 4.69) is 33.7 Å². The summed E-state index contributed by atoms with van der Waals surface area (Å²) < 4.78 is 2.13. The Kier molecular flexibility index (Phi) is 2.68. The predicted molar refractivity (Wildman–Crippen MR) is 76.9 cm³/mol. The molecule has 0 radical (unpaired) electrons. The van der Waals surface area contributed by atoms with E-state index < -0.39 is 0 Å². The van der Waals surface area contributed by atoms with E-state index in [-0.39, 0.29) is 5.88 Å². The molecule has 3 aromatic rings. The second-order valence-electron chi connectivity index (χ2n) is 4.08. The average Bonchev–Trinajstić information content (AvgIpc) is 2.87. The summed E-state index contributed by atoms with van der Waals surface area (Å²) >= 11 is 5.67. The van der Waals surface area contributed by atoms with Crippen LogP contribution in [0.15, 0.2) is 53.7 Å². The highest BCUT2D eigenvalue weighted by atomic mass is 35.5. The van der Waals surface area contributed by atoms with Crippen LogP contribution in [0.4, 0.5) is 5.69 Å². The molecule has 4 heteroatoms. The number of hydrogen-bond acceptors (Lipinski definition) is 1. The largest absolute Gasteiger partial charge is 0.386 e. The summed E-state index contributed by atoms with van der Waals surface area (Å²) in [5, 5.41) is 1.06. The van der Waals surface area contributed by atoms with Crippen LogP contribution in [0.2, 0.25) is 0 Å². The van der Waals surface area contributed by atoms with E-state index in [1.807, 2.05) is 24.4 Å². The number of fused-ring (bicyclic) bond motifs is 3. The number of amidine groups is 1. The standard InChI is InChI=1S/C14H12ClN3/c15-9-14(16)17-12-4-1-5-13-11(12)7-6-10-3-2-8-18(10)13/h1-8H,9H2,(H2,16,17). The summed E-state index contributed by atoms with van der Waals surface area (Å²) in [4.78, 5) is 4.35. The monoisotopic (exact) mass is 257 g/mol. The number of benzene rings is 1. The van der Waals surface area contributed by atoms with Gasteiger partial charge in [-0.2, -0.15) is 0 Å². The topological polar surface area (TPSA) is 42.8 Å². The number of pyridine rings is 1. The third-order valence-corrected chi connectivity index (χ3v) is 3.20. The molecule has 0 spiro atoms. The second-order valence-corrected chi connectivity index (χ2v) is 4.35. The number of hydrogen-bond donors (Lipinski definition) is 1. The molecule has 0 unspecified atom stereocenters. The molecule has 0 amide bonds. The minimum atomic E-state index is 0.238. The van der Waals surface area contributed by atoms with Crippen molar-refractivity contribution in [3.05, 3.63) is 48.7 Å². The van der Waals surface area contributed by atoms with Gasteiger partial charge < -0.3 is 10.1 Å². The van der Waals surface area contributed by atoms with E-state index in [4.69, 9.17) is 17.3 Å². The molecule has 18 heavy (non-hydrogen) atoms. The second kappa shape index (κ2) is 4.35. The molecular formula is C14H12ClN3. The van der Waals surface area contributed by atoms with Gasteiger partial charge in [-0.05, 0) is 36.4 Å². The molecule has 90 valence electrons. The molecule has 2 aromatic heterocycles. The number of nitrogens with zero attached hydrogens (tertiary/aromatic N) is 2. The number of nitrogens with two attached hydrogens (primary N) is 1. The van der Waals surface area contributed by atoms with E-state index in [1.165, 1.54) is 0 Å². The molecule has 0 saturated heterocycles. The molecule has 3 nitrogen and oxygen atoms in total. The molecule has 0 fully saturated rings. The first kappa shape index (κ1) is 11.1. The zero-order valence-corrected chi connectivity index (χ0v) is 10.4. The van der Waals surface area contributed by atoms with Crippen LogP contribution in [0.5, 0.6) is 0 Å². The molecule has 0 aliphatic carbocycles. The molecule has 0 bridgehead atoms. The Balaban J connectivity index is 2.34. The van der Waals surface area contributed by atoms with Gasteiger partial charge in [0.15, 0.2) is 0 Å². The Morgan fingerprint density at radius 3 is 2.89 bits per heavy atom. The third-order valence-electron chi connectivity index (χ3n) is 2.92. The predicted octanol–water partition coefficient (Wildman–Crippen LogP) is 3.32. The van der Waals surface area contributed by atoms with Crippen LogP contribution in [0.25, 0.3) is 16.4 Å². The van der Waals surface area contributed by atoms with Gasteiger partial charge in [0.2, 0.25) is 0 Å². The summed E-state index contributed by atoms with van der Waals surface area (Å²) in [6.07, 6.45) is 2.04. The van der Waals surface area contributed by atoms with E-state index in [9.17, 15) is 0 Å². The maximum atomic E-state index is 5.70. The quantitative estimate of drug-likeness (QED) is 0.427. The molecule has 0 saturated carbocycles. The van der Waals surface area contributed by atoms with Gasteiger partial charge in [0, 0.05) is 17.1 Å². The van der Waals surface area contributed by atoms with Crippen molar-refractivity contribution in [1.29, 1.82) is 0 Å². The third kappa shape index (κ3) is 1.73. The van der Waals surface area contributed by atoms with Gasteiger partial charge in [-0.3, -0.25) is 0 Å². The highest BCUT2D eigenvalue weighted by molar-refractivity contribution is 6.28. The van der Waals surface area contributed by atoms with Crippen molar-refractivity contribution in [3.63, 3.8) is 0 Å². The smallest absolute Gasteiger partial charge is 0.115 e. The fraction of sp³-hybridized carbons (Fsp3) is 0.0714. The maximum Gasteiger partial charge on any atom is 0.115 e. The zero-order chi connectivity index (χ0) is 12.5. The van der Waals surface area contributed by atoms with Crippen LogP contribution in [-0.4, -0.2) is 16.1 Å². The molecular weight excluding hydrogens is 246 g/mol. The molecule has 0 aliphatic rings. The van der Waals surface area contributed by atoms with Gasteiger partial charge in [0.25, 0.3) is 0 Å². The van der Waals surface area contributed by atoms with Crippen molar-refractivity contribution < 1.29 is 0 Å². The number of aromatic nitrogens is 1. The van der Waals surface area contributed by atoms with Crippen molar-refractivity contribution in [2.75, 3.05) is 5.88 Å². The highest BCUT2D eigenvalue weighted by Crippen LogP contribution is 2.27. The lowest BCUT2D eigenvalue weighted by molar-refractivity contribution is 1.27. The maximum absolute atomic E-state index is 5.70. The van der Waals surface area contributed by atoms with Crippen LogP contribution in [0.3, 0.4) is 0 Å². The number of rotatable bonds is 2. The number of aliphatic imine (C=N–C) groups is 1. The van der Waals surface area contributed by atoms with Gasteiger partial charge in [0.05, 0.1) is 17.1 Å². The Hall–Kier alpha value is -2.00. The van der Waals surface area contributed by atoms with Crippen LogP contribution < -0.4 is 5.73 Å². The fourth-order valence-electron chi connectivity index (χ4n) is 2.12. The first-order valence-corrected chi connectivity index (χ1v) is 6.21. The number of alkyl halides is 1. The fourth-order valence-corrected chi connectivity index (χ4v) is 2.18. The zero-order valence-electron chi connectivity index (χ0n) is 9.68. The van der Waals surface area contributed by atoms with Crippen LogP contribution in [0.1, 0.15) is 0 Å². The first-order valence-electron chi connectivity index (χ1n) is 5.67. The molecule has 0 atom stereocenters. The number of halogens is 1. The molecule has 3 rings (SSSR count). The minimum Gasteiger partial charge on any atom is -0.386 e. The summed E-state index contributed by atoms with van der Waals surface area (Å²) in [7, 11) is 0. The van der Waals surface area contributed by atoms with E-state index in [0.717, 1.165) is 22.1 Å². The van der Waals surface area contributed by atoms with Crippen molar-refractivity contribution >= 4 is 39.5 Å². The van der Waals surface area contributed by atoms with Crippen molar-refractivity contribution in [1.82, 2.24) is 4.40 Å². The Labute approximate surface area is 109 Å². The Morgan fingerprint density at radius 1 is 1.17 bits per heavy atom. The van der Waals surface area contributed by atoms with Gasteiger partial charge in [0.1, 0.15) is 5.84 Å². The lowest BCUT2D eigenvalue weighted by Crippen LogP contribution is -2.12. The Bertz CT molecular complexity index is 743. The van der Waals surface area contributed by atoms with E-state index in [0.29, 0.717) is 5.84 Å². The summed E-state index contributed by atoms with van der Waals surface area (Å²) in [6.45, 7) is 0. The molecule has 2 heterocycles. The lowest BCUT2D eigenvalue weighted by atomic mass is 10.1. The lowest BCUT2D eigenvalue weighted by Gasteiger charge is -2.06. The van der Waals surface area contributed by atoms with Crippen molar-refractivity contribution in [3.8, 4) is 0 Å². The van der Waals surface area contributed by atoms with Gasteiger partial charge >= 0.3 is 0 Å². The van der Waals surface area contributed by atoms with Gasteiger partial charge in [-0.1, -0.05) is 6.07 Å². The SMILES string of the molecule is NC(CCl)=Nc1cccc2c1ccc1cccn12. The summed E-state index contributed by atoms with van der Waals surface area (Å²) in [5.74, 6) is 0.666. The Morgan fingerprint density at radius 2 is 2.06 bits per heavy atom. The molecule has 2 N–H and O–H groups in total. The minimum absolute atomic E-state index is 0.238. The van der Waals surface area contributed by atoms with Crippen LogP contribution in [-0.2, 0) is 0 Å². The average molecular weight is 258 g/mol. The summed E-state index contributed by atoms with van der Waals surface area (Å²) in [5.41, 5.74) is 8.82. The first-order chi connectivity index (χ1) is 8.79. The molecule has 1 aromatic carbocycles.